The number of amides is 1. The van der Waals surface area contributed by atoms with Crippen molar-refractivity contribution >= 4 is 5.91 Å². The Bertz CT molecular complexity index is 579. The monoisotopic (exact) mass is 256 g/mol. The summed E-state index contributed by atoms with van der Waals surface area (Å²) >= 11 is 0. The highest BCUT2D eigenvalue weighted by Gasteiger charge is 2.25. The molecule has 0 N–H and O–H groups in total. The zero-order chi connectivity index (χ0) is 13.2. The number of rotatable bonds is 3. The summed E-state index contributed by atoms with van der Waals surface area (Å²) in [5.74, 6) is 0.727. The van der Waals surface area contributed by atoms with E-state index in [0.29, 0.717) is 18.8 Å². The summed E-state index contributed by atoms with van der Waals surface area (Å²) in [4.78, 5) is 14.1. The molecule has 98 valence electrons. The zero-order valence-corrected chi connectivity index (χ0v) is 10.9. The maximum atomic E-state index is 12.3. The van der Waals surface area contributed by atoms with E-state index in [1.54, 1.807) is 11.0 Å². The largest absolute Gasteiger partial charge is 0.361 e. The van der Waals surface area contributed by atoms with Crippen molar-refractivity contribution in [1.82, 2.24) is 10.1 Å². The molecule has 0 atom stereocenters. The lowest BCUT2D eigenvalue weighted by molar-refractivity contribution is 0.0741. The molecule has 0 fully saturated rings. The second-order valence-corrected chi connectivity index (χ2v) is 4.86. The maximum absolute atomic E-state index is 12.3. The van der Waals surface area contributed by atoms with E-state index in [2.05, 4.69) is 24.2 Å². The predicted molar refractivity (Wildman–Crippen MR) is 70.5 cm³/mol. The second kappa shape index (κ2) is 4.88. The van der Waals surface area contributed by atoms with E-state index in [4.69, 9.17) is 4.52 Å². The molecule has 0 bridgehead atoms. The molecule has 3 rings (SSSR count). The van der Waals surface area contributed by atoms with Crippen LogP contribution < -0.4 is 0 Å². The van der Waals surface area contributed by atoms with Crippen LogP contribution in [0.5, 0.6) is 0 Å². The average molecular weight is 256 g/mol. The van der Waals surface area contributed by atoms with Crippen LogP contribution in [-0.2, 0) is 19.5 Å². The third-order valence-corrected chi connectivity index (χ3v) is 3.40. The minimum absolute atomic E-state index is 0.0534. The number of hydrogen-bond acceptors (Lipinski definition) is 3. The number of carbonyl (C=O) groups excluding carboxylic acids is 1. The molecule has 19 heavy (non-hydrogen) atoms. The van der Waals surface area contributed by atoms with Gasteiger partial charge in [-0.05, 0) is 17.5 Å². The standard InChI is InChI=1S/C15H16N2O2/c1-2-5-13-8-14(16-19-13)15(18)17-9-11-6-3-4-7-12(11)10-17/h3-4,6-8H,2,5,9-10H2,1H3. The fourth-order valence-electron chi connectivity index (χ4n) is 2.42. The fraction of sp³-hybridized carbons (Fsp3) is 0.333. The van der Waals surface area contributed by atoms with Gasteiger partial charge in [-0.25, -0.2) is 0 Å². The van der Waals surface area contributed by atoms with Crippen LogP contribution in [0.15, 0.2) is 34.9 Å². The highest BCUT2D eigenvalue weighted by Crippen LogP contribution is 2.23. The molecule has 1 aromatic heterocycles. The zero-order valence-electron chi connectivity index (χ0n) is 10.9. The van der Waals surface area contributed by atoms with Gasteiger partial charge in [0.05, 0.1) is 0 Å². The number of nitrogens with zero attached hydrogens (tertiary/aromatic N) is 2. The number of fused-ring (bicyclic) bond motifs is 1. The normalized spacial score (nSPS) is 13.6. The van der Waals surface area contributed by atoms with Crippen LogP contribution in [0.25, 0.3) is 0 Å². The number of hydrogen-bond donors (Lipinski definition) is 0. The van der Waals surface area contributed by atoms with E-state index >= 15 is 0 Å². The fourth-order valence-corrected chi connectivity index (χ4v) is 2.42. The number of benzene rings is 1. The third-order valence-electron chi connectivity index (χ3n) is 3.40. The van der Waals surface area contributed by atoms with Crippen LogP contribution in [-0.4, -0.2) is 16.0 Å². The molecule has 1 aromatic carbocycles. The van der Waals surface area contributed by atoms with E-state index in [-0.39, 0.29) is 5.91 Å². The molecule has 2 heterocycles. The Kier molecular flexibility index (Phi) is 3.07. The Hall–Kier alpha value is -2.10. The average Bonchev–Trinajstić information content (AvgIpc) is 3.04. The van der Waals surface area contributed by atoms with Gasteiger partial charge in [-0.3, -0.25) is 4.79 Å². The number of aryl methyl sites for hydroxylation is 1. The van der Waals surface area contributed by atoms with Crippen molar-refractivity contribution in [1.29, 1.82) is 0 Å². The Labute approximate surface area is 112 Å². The summed E-state index contributed by atoms with van der Waals surface area (Å²) in [5, 5.41) is 3.88. The molecule has 1 amide bonds. The summed E-state index contributed by atoms with van der Waals surface area (Å²) in [7, 11) is 0. The minimum atomic E-state index is -0.0534. The number of aromatic nitrogens is 1. The molecule has 0 saturated heterocycles. The van der Waals surface area contributed by atoms with Crippen LogP contribution in [0.1, 0.15) is 40.7 Å². The molecular weight excluding hydrogens is 240 g/mol. The van der Waals surface area contributed by atoms with Gasteiger partial charge in [0.25, 0.3) is 5.91 Å². The van der Waals surface area contributed by atoms with Crippen molar-refractivity contribution in [2.75, 3.05) is 0 Å². The van der Waals surface area contributed by atoms with Crippen molar-refractivity contribution in [3.05, 3.63) is 52.9 Å². The maximum Gasteiger partial charge on any atom is 0.276 e. The third kappa shape index (κ3) is 2.26. The second-order valence-electron chi connectivity index (χ2n) is 4.86. The van der Waals surface area contributed by atoms with E-state index in [1.807, 2.05) is 12.1 Å². The van der Waals surface area contributed by atoms with Crippen molar-refractivity contribution in [3.63, 3.8) is 0 Å². The molecule has 2 aromatic rings. The van der Waals surface area contributed by atoms with Crippen molar-refractivity contribution < 1.29 is 9.32 Å². The van der Waals surface area contributed by atoms with Crippen molar-refractivity contribution in [2.45, 2.75) is 32.9 Å². The Morgan fingerprint density at radius 1 is 1.32 bits per heavy atom. The van der Waals surface area contributed by atoms with Gasteiger partial charge in [-0.15, -0.1) is 0 Å². The van der Waals surface area contributed by atoms with Gasteiger partial charge in [0.1, 0.15) is 5.76 Å². The van der Waals surface area contributed by atoms with Gasteiger partial charge >= 0.3 is 0 Å². The molecule has 4 nitrogen and oxygen atoms in total. The molecule has 1 aliphatic heterocycles. The van der Waals surface area contributed by atoms with Crippen molar-refractivity contribution in [3.8, 4) is 0 Å². The van der Waals surface area contributed by atoms with Crippen LogP contribution in [0.3, 0.4) is 0 Å². The summed E-state index contributed by atoms with van der Waals surface area (Å²) in [6.45, 7) is 3.39. The van der Waals surface area contributed by atoms with Gasteiger partial charge in [-0.2, -0.15) is 0 Å². The first kappa shape index (κ1) is 12.0. The van der Waals surface area contributed by atoms with Crippen LogP contribution in [0.2, 0.25) is 0 Å². The Morgan fingerprint density at radius 2 is 2.00 bits per heavy atom. The number of carbonyl (C=O) groups is 1. The van der Waals surface area contributed by atoms with E-state index < -0.39 is 0 Å². The molecule has 0 unspecified atom stereocenters. The Balaban J connectivity index is 1.75. The van der Waals surface area contributed by atoms with Crippen LogP contribution in [0.4, 0.5) is 0 Å². The SMILES string of the molecule is CCCc1cc(C(=O)N2Cc3ccccc3C2)no1. The Morgan fingerprint density at radius 3 is 2.63 bits per heavy atom. The lowest BCUT2D eigenvalue weighted by atomic mass is 10.1. The lowest BCUT2D eigenvalue weighted by Crippen LogP contribution is -2.25. The van der Waals surface area contributed by atoms with Gasteiger partial charge in [0.2, 0.25) is 0 Å². The summed E-state index contributed by atoms with van der Waals surface area (Å²) in [6.07, 6.45) is 1.80. The minimum Gasteiger partial charge on any atom is -0.361 e. The van der Waals surface area contributed by atoms with Crippen LogP contribution >= 0.6 is 0 Å². The first-order valence-electron chi connectivity index (χ1n) is 6.59. The molecular formula is C15H16N2O2. The van der Waals surface area contributed by atoms with Gasteiger partial charge in [0.15, 0.2) is 5.69 Å². The van der Waals surface area contributed by atoms with Gasteiger partial charge in [-0.1, -0.05) is 36.3 Å². The molecule has 4 heteroatoms. The van der Waals surface area contributed by atoms with Gasteiger partial charge < -0.3 is 9.42 Å². The van der Waals surface area contributed by atoms with Crippen LogP contribution in [0, 0.1) is 0 Å². The van der Waals surface area contributed by atoms with E-state index in [0.717, 1.165) is 18.6 Å². The molecule has 0 aliphatic carbocycles. The van der Waals surface area contributed by atoms with Gasteiger partial charge in [0, 0.05) is 25.6 Å². The molecule has 0 spiro atoms. The summed E-state index contributed by atoms with van der Waals surface area (Å²) in [5.41, 5.74) is 2.84. The highest BCUT2D eigenvalue weighted by atomic mass is 16.5. The topological polar surface area (TPSA) is 46.3 Å². The van der Waals surface area contributed by atoms with Crippen molar-refractivity contribution in [2.24, 2.45) is 0 Å². The quantitative estimate of drug-likeness (QED) is 0.848. The first-order valence-corrected chi connectivity index (χ1v) is 6.59. The smallest absolute Gasteiger partial charge is 0.276 e. The molecule has 0 radical (unpaired) electrons. The first-order chi connectivity index (χ1) is 9.28. The predicted octanol–water partition coefficient (Wildman–Crippen LogP) is 2.78. The molecule has 0 saturated carbocycles. The molecule has 1 aliphatic rings. The lowest BCUT2D eigenvalue weighted by Gasteiger charge is -2.12. The highest BCUT2D eigenvalue weighted by molar-refractivity contribution is 5.92. The van der Waals surface area contributed by atoms with E-state index in [1.165, 1.54) is 11.1 Å². The summed E-state index contributed by atoms with van der Waals surface area (Å²) < 4.78 is 5.17. The summed E-state index contributed by atoms with van der Waals surface area (Å²) in [6, 6.07) is 9.89. The van der Waals surface area contributed by atoms with E-state index in [9.17, 15) is 4.79 Å².